The molecule has 0 spiro atoms. The van der Waals surface area contributed by atoms with Crippen molar-refractivity contribution in [2.45, 2.75) is 26.2 Å². The molecule has 20 heavy (non-hydrogen) atoms. The van der Waals surface area contributed by atoms with Crippen molar-refractivity contribution in [3.05, 3.63) is 29.8 Å². The lowest BCUT2D eigenvalue weighted by molar-refractivity contribution is -0.148. The van der Waals surface area contributed by atoms with Crippen LogP contribution in [-0.4, -0.2) is 40.0 Å². The molecule has 0 saturated carbocycles. The number of aliphatic carboxylic acids is 1. The fraction of sp³-hybridized carbons (Fsp3) is 0.500. The van der Waals surface area contributed by atoms with Gasteiger partial charge in [-0.1, -0.05) is 13.3 Å². The number of pyridine rings is 1. The van der Waals surface area contributed by atoms with Gasteiger partial charge >= 0.3 is 5.97 Å². The predicted octanol–water partition coefficient (Wildman–Crippen LogP) is 1.94. The summed E-state index contributed by atoms with van der Waals surface area (Å²) in [6.07, 6.45) is 4.04. The number of carbonyl (C=O) groups is 2. The average Bonchev–Trinajstić information content (AvgIpc) is 2.84. The Balaban J connectivity index is 2.16. The molecule has 1 unspecified atom stereocenters. The summed E-state index contributed by atoms with van der Waals surface area (Å²) in [4.78, 5) is 28.8. The Morgan fingerprint density at radius 3 is 2.85 bits per heavy atom. The van der Waals surface area contributed by atoms with Gasteiger partial charge in [-0.25, -0.2) is 4.39 Å². The van der Waals surface area contributed by atoms with Gasteiger partial charge in [0.1, 0.15) is 5.82 Å². The Hall–Kier alpha value is -1.98. The molecule has 1 N–H and O–H groups in total. The van der Waals surface area contributed by atoms with Gasteiger partial charge < -0.3 is 10.0 Å². The number of carboxylic acids is 1. The fourth-order valence-corrected chi connectivity index (χ4v) is 2.72. The number of amides is 1. The Labute approximate surface area is 116 Å². The van der Waals surface area contributed by atoms with Crippen LogP contribution >= 0.6 is 0 Å². The molecule has 1 atom stereocenters. The standard InChI is InChI=1S/C14H17FN2O3/c1-2-3-14(13(19)20)4-5-17(9-14)12(18)10-6-11(15)8-16-7-10/h6-8H,2-5,9H2,1H3,(H,19,20). The predicted molar refractivity (Wildman–Crippen MR) is 69.7 cm³/mol. The van der Waals surface area contributed by atoms with Gasteiger partial charge in [-0.2, -0.15) is 0 Å². The van der Waals surface area contributed by atoms with Crippen LogP contribution in [0.5, 0.6) is 0 Å². The minimum absolute atomic E-state index is 0.155. The van der Waals surface area contributed by atoms with Gasteiger partial charge in [0.15, 0.2) is 0 Å². The highest BCUT2D eigenvalue weighted by Gasteiger charge is 2.45. The van der Waals surface area contributed by atoms with E-state index in [2.05, 4.69) is 4.98 Å². The molecule has 0 radical (unpaired) electrons. The number of hydrogen-bond acceptors (Lipinski definition) is 3. The molecule has 0 aliphatic carbocycles. The smallest absolute Gasteiger partial charge is 0.311 e. The van der Waals surface area contributed by atoms with E-state index < -0.39 is 17.2 Å². The number of hydrogen-bond donors (Lipinski definition) is 1. The van der Waals surface area contributed by atoms with Crippen molar-refractivity contribution in [2.24, 2.45) is 5.41 Å². The maximum Gasteiger partial charge on any atom is 0.311 e. The van der Waals surface area contributed by atoms with E-state index in [0.717, 1.165) is 18.7 Å². The summed E-state index contributed by atoms with van der Waals surface area (Å²) in [5, 5.41) is 9.40. The molecule has 1 saturated heterocycles. The van der Waals surface area contributed by atoms with E-state index in [1.54, 1.807) is 0 Å². The number of halogens is 1. The topological polar surface area (TPSA) is 70.5 Å². The van der Waals surface area contributed by atoms with Crippen LogP contribution in [0.15, 0.2) is 18.5 Å². The molecule has 2 heterocycles. The van der Waals surface area contributed by atoms with E-state index in [-0.39, 0.29) is 18.0 Å². The van der Waals surface area contributed by atoms with E-state index in [0.29, 0.717) is 19.4 Å². The van der Waals surface area contributed by atoms with Gasteiger partial charge in [0.05, 0.1) is 17.2 Å². The summed E-state index contributed by atoms with van der Waals surface area (Å²) in [7, 11) is 0. The molecule has 1 aromatic rings. The van der Waals surface area contributed by atoms with Gasteiger partial charge in [-0.3, -0.25) is 14.6 Å². The van der Waals surface area contributed by atoms with Gasteiger partial charge in [0.25, 0.3) is 5.91 Å². The van der Waals surface area contributed by atoms with Crippen molar-refractivity contribution < 1.29 is 19.1 Å². The van der Waals surface area contributed by atoms with E-state index in [9.17, 15) is 19.1 Å². The van der Waals surface area contributed by atoms with Crippen LogP contribution in [0, 0.1) is 11.2 Å². The molecule has 108 valence electrons. The first-order chi connectivity index (χ1) is 9.48. The molecular formula is C14H17FN2O3. The summed E-state index contributed by atoms with van der Waals surface area (Å²) in [6, 6.07) is 1.12. The monoisotopic (exact) mass is 280 g/mol. The van der Waals surface area contributed by atoms with Crippen LogP contribution < -0.4 is 0 Å². The number of rotatable bonds is 4. The number of likely N-dealkylation sites (tertiary alicyclic amines) is 1. The van der Waals surface area contributed by atoms with Gasteiger partial charge in [-0.15, -0.1) is 0 Å². The third-order valence-corrected chi connectivity index (χ3v) is 3.78. The maximum atomic E-state index is 13.1. The minimum atomic E-state index is -0.870. The van der Waals surface area contributed by atoms with Crippen LogP contribution in [0.3, 0.4) is 0 Å². The molecule has 0 bridgehead atoms. The van der Waals surface area contributed by atoms with Crippen molar-refractivity contribution in [1.82, 2.24) is 9.88 Å². The zero-order valence-electron chi connectivity index (χ0n) is 11.3. The SMILES string of the molecule is CCCC1(C(=O)O)CCN(C(=O)c2cncc(F)c2)C1. The first kappa shape index (κ1) is 14.4. The summed E-state index contributed by atoms with van der Waals surface area (Å²) in [5.74, 6) is -1.81. The number of carbonyl (C=O) groups excluding carboxylic acids is 1. The summed E-state index contributed by atoms with van der Waals surface area (Å²) in [5.41, 5.74) is -0.715. The van der Waals surface area contributed by atoms with Crippen molar-refractivity contribution in [3.63, 3.8) is 0 Å². The van der Waals surface area contributed by atoms with E-state index >= 15 is 0 Å². The zero-order valence-corrected chi connectivity index (χ0v) is 11.3. The molecule has 5 nitrogen and oxygen atoms in total. The first-order valence-electron chi connectivity index (χ1n) is 6.62. The molecule has 1 aromatic heterocycles. The Morgan fingerprint density at radius 1 is 1.50 bits per heavy atom. The van der Waals surface area contributed by atoms with Crippen molar-refractivity contribution in [1.29, 1.82) is 0 Å². The lowest BCUT2D eigenvalue weighted by atomic mass is 9.83. The van der Waals surface area contributed by atoms with Crippen LogP contribution in [0.2, 0.25) is 0 Å². The molecule has 1 aliphatic rings. The molecule has 1 amide bonds. The zero-order chi connectivity index (χ0) is 14.8. The van der Waals surface area contributed by atoms with E-state index in [1.807, 2.05) is 6.92 Å². The highest BCUT2D eigenvalue weighted by atomic mass is 19.1. The molecule has 0 aromatic carbocycles. The van der Waals surface area contributed by atoms with Crippen LogP contribution in [0.25, 0.3) is 0 Å². The second-order valence-corrected chi connectivity index (χ2v) is 5.20. The van der Waals surface area contributed by atoms with Crippen LogP contribution in [-0.2, 0) is 4.79 Å². The molecule has 1 aliphatic heterocycles. The molecular weight excluding hydrogens is 263 g/mol. The largest absolute Gasteiger partial charge is 0.481 e. The van der Waals surface area contributed by atoms with Crippen molar-refractivity contribution in [2.75, 3.05) is 13.1 Å². The maximum absolute atomic E-state index is 13.1. The highest BCUT2D eigenvalue weighted by Crippen LogP contribution is 2.36. The molecule has 6 heteroatoms. The Bertz CT molecular complexity index is 535. The molecule has 1 fully saturated rings. The Morgan fingerprint density at radius 2 is 2.25 bits per heavy atom. The normalized spacial score (nSPS) is 22.0. The van der Waals surface area contributed by atoms with Gasteiger partial charge in [-0.05, 0) is 18.9 Å². The van der Waals surface area contributed by atoms with E-state index in [4.69, 9.17) is 0 Å². The quantitative estimate of drug-likeness (QED) is 0.915. The van der Waals surface area contributed by atoms with Gasteiger partial charge in [0, 0.05) is 19.3 Å². The van der Waals surface area contributed by atoms with E-state index in [1.165, 1.54) is 11.1 Å². The summed E-state index contributed by atoms with van der Waals surface area (Å²) < 4.78 is 13.1. The average molecular weight is 280 g/mol. The lowest BCUT2D eigenvalue weighted by Gasteiger charge is -2.24. The summed E-state index contributed by atoms with van der Waals surface area (Å²) >= 11 is 0. The van der Waals surface area contributed by atoms with Crippen LogP contribution in [0.4, 0.5) is 4.39 Å². The number of aromatic nitrogens is 1. The van der Waals surface area contributed by atoms with Crippen molar-refractivity contribution >= 4 is 11.9 Å². The second kappa shape index (κ2) is 5.56. The molecule has 2 rings (SSSR count). The fourth-order valence-electron chi connectivity index (χ4n) is 2.72. The lowest BCUT2D eigenvalue weighted by Crippen LogP contribution is -2.37. The van der Waals surface area contributed by atoms with Crippen molar-refractivity contribution in [3.8, 4) is 0 Å². The third-order valence-electron chi connectivity index (χ3n) is 3.78. The van der Waals surface area contributed by atoms with Crippen LogP contribution in [0.1, 0.15) is 36.5 Å². The first-order valence-corrected chi connectivity index (χ1v) is 6.62. The number of nitrogens with zero attached hydrogens (tertiary/aromatic N) is 2. The highest BCUT2D eigenvalue weighted by molar-refractivity contribution is 5.94. The minimum Gasteiger partial charge on any atom is -0.481 e. The van der Waals surface area contributed by atoms with Gasteiger partial charge in [0.2, 0.25) is 0 Å². The third kappa shape index (κ3) is 2.64. The Kier molecular flexibility index (Phi) is 4.01. The number of carboxylic acid groups (broad SMARTS) is 1. The second-order valence-electron chi connectivity index (χ2n) is 5.20. The summed E-state index contributed by atoms with van der Waals surface area (Å²) in [6.45, 7) is 2.47.